The number of hydrogen-bond acceptors (Lipinski definition) is 2. The van der Waals surface area contributed by atoms with Crippen LogP contribution in [0.1, 0.15) is 70.9 Å². The monoisotopic (exact) mass is 291 g/mol. The van der Waals surface area contributed by atoms with Gasteiger partial charge in [0, 0.05) is 6.04 Å². The van der Waals surface area contributed by atoms with E-state index in [0.29, 0.717) is 12.0 Å². The van der Waals surface area contributed by atoms with Gasteiger partial charge in [-0.2, -0.15) is 0 Å². The number of ether oxygens (including phenoxy) is 1. The first kappa shape index (κ1) is 18.0. The number of nitrogens with one attached hydrogen (secondary N) is 1. The van der Waals surface area contributed by atoms with Crippen LogP contribution in [-0.4, -0.2) is 18.7 Å². The summed E-state index contributed by atoms with van der Waals surface area (Å²) in [5.74, 6) is 1.55. The molecule has 1 N–H and O–H groups in total. The van der Waals surface area contributed by atoms with Gasteiger partial charge in [0.25, 0.3) is 0 Å². The Morgan fingerprint density at radius 2 is 1.86 bits per heavy atom. The van der Waals surface area contributed by atoms with Gasteiger partial charge in [-0.3, -0.25) is 0 Å². The molecular formula is C19H33NO. The molecule has 0 heterocycles. The minimum absolute atomic E-state index is 0.240. The fraction of sp³-hybridized carbons (Fsp3) is 0.684. The predicted molar refractivity (Wildman–Crippen MR) is 92.3 cm³/mol. The Hall–Kier alpha value is -1.02. The Labute approximate surface area is 131 Å². The summed E-state index contributed by atoms with van der Waals surface area (Å²) in [4.78, 5) is 0. The zero-order valence-electron chi connectivity index (χ0n) is 14.7. The molecule has 0 spiro atoms. The van der Waals surface area contributed by atoms with E-state index in [-0.39, 0.29) is 6.10 Å². The molecule has 2 heteroatoms. The summed E-state index contributed by atoms with van der Waals surface area (Å²) in [6.07, 6.45) is 3.62. The minimum atomic E-state index is 0.240. The Morgan fingerprint density at radius 1 is 1.14 bits per heavy atom. The third kappa shape index (κ3) is 5.35. The van der Waals surface area contributed by atoms with Crippen molar-refractivity contribution >= 4 is 0 Å². The van der Waals surface area contributed by atoms with Crippen molar-refractivity contribution in [2.24, 2.45) is 0 Å². The lowest BCUT2D eigenvalue weighted by molar-refractivity contribution is 0.141. The van der Waals surface area contributed by atoms with Gasteiger partial charge in [-0.05, 0) is 49.4 Å². The molecule has 2 nitrogen and oxygen atoms in total. The molecule has 21 heavy (non-hydrogen) atoms. The van der Waals surface area contributed by atoms with Gasteiger partial charge in [-0.1, -0.05) is 53.2 Å². The van der Waals surface area contributed by atoms with Crippen LogP contribution in [0, 0.1) is 6.92 Å². The van der Waals surface area contributed by atoms with E-state index in [4.69, 9.17) is 4.74 Å². The lowest BCUT2D eigenvalue weighted by Gasteiger charge is -2.29. The van der Waals surface area contributed by atoms with Gasteiger partial charge in [-0.25, -0.2) is 0 Å². The van der Waals surface area contributed by atoms with Crippen LogP contribution in [0.2, 0.25) is 0 Å². The lowest BCUT2D eigenvalue weighted by atomic mass is 9.99. The van der Waals surface area contributed by atoms with Crippen molar-refractivity contribution in [1.29, 1.82) is 0 Å². The molecule has 1 aromatic carbocycles. The minimum Gasteiger partial charge on any atom is -0.489 e. The molecule has 0 radical (unpaired) electrons. The Bertz CT molecular complexity index is 408. The Kier molecular flexibility index (Phi) is 7.81. The van der Waals surface area contributed by atoms with Crippen LogP contribution in [0.25, 0.3) is 0 Å². The topological polar surface area (TPSA) is 21.3 Å². The summed E-state index contributed by atoms with van der Waals surface area (Å²) >= 11 is 0. The molecule has 0 bridgehead atoms. The molecule has 0 aliphatic heterocycles. The number of likely N-dealkylation sites (N-methyl/N-ethyl adjacent to an activating group) is 1. The molecule has 120 valence electrons. The van der Waals surface area contributed by atoms with Crippen molar-refractivity contribution in [3.8, 4) is 5.75 Å². The van der Waals surface area contributed by atoms with Crippen LogP contribution in [0.4, 0.5) is 0 Å². The van der Waals surface area contributed by atoms with Gasteiger partial charge in [0.15, 0.2) is 0 Å². The van der Waals surface area contributed by atoms with Gasteiger partial charge in [0.05, 0.1) is 0 Å². The highest BCUT2D eigenvalue weighted by Crippen LogP contribution is 2.29. The highest BCUT2D eigenvalue weighted by atomic mass is 16.5. The van der Waals surface area contributed by atoms with Crippen molar-refractivity contribution in [1.82, 2.24) is 5.32 Å². The first-order valence-corrected chi connectivity index (χ1v) is 8.53. The molecule has 2 unspecified atom stereocenters. The maximum Gasteiger partial charge on any atom is 0.123 e. The maximum atomic E-state index is 6.44. The van der Waals surface area contributed by atoms with Gasteiger partial charge in [0.1, 0.15) is 11.9 Å². The average molecular weight is 291 g/mol. The third-order valence-corrected chi connectivity index (χ3v) is 3.99. The molecule has 0 aromatic heterocycles. The summed E-state index contributed by atoms with van der Waals surface area (Å²) in [6, 6.07) is 7.01. The molecule has 0 aliphatic carbocycles. The number of rotatable bonds is 9. The first-order valence-electron chi connectivity index (χ1n) is 8.53. The van der Waals surface area contributed by atoms with Crippen molar-refractivity contribution in [2.75, 3.05) is 6.54 Å². The number of hydrogen-bond donors (Lipinski definition) is 1. The maximum absolute atomic E-state index is 6.44. The zero-order chi connectivity index (χ0) is 15.8. The molecule has 0 amide bonds. The van der Waals surface area contributed by atoms with E-state index in [1.54, 1.807) is 0 Å². The molecule has 0 saturated heterocycles. The molecule has 0 saturated carbocycles. The highest BCUT2D eigenvalue weighted by Gasteiger charge is 2.21. The van der Waals surface area contributed by atoms with E-state index in [1.165, 1.54) is 17.5 Å². The Balaban J connectivity index is 2.96. The summed E-state index contributed by atoms with van der Waals surface area (Å²) in [5, 5.41) is 3.59. The van der Waals surface area contributed by atoms with Crippen LogP contribution < -0.4 is 10.1 Å². The lowest BCUT2D eigenvalue weighted by Crippen LogP contribution is -2.42. The second kappa shape index (κ2) is 9.09. The van der Waals surface area contributed by atoms with E-state index >= 15 is 0 Å². The van der Waals surface area contributed by atoms with Gasteiger partial charge >= 0.3 is 0 Å². The molecule has 0 aliphatic rings. The predicted octanol–water partition coefficient (Wildman–Crippen LogP) is 5.05. The van der Waals surface area contributed by atoms with Crippen LogP contribution in [0.3, 0.4) is 0 Å². The van der Waals surface area contributed by atoms with Crippen LogP contribution >= 0.6 is 0 Å². The summed E-state index contributed by atoms with van der Waals surface area (Å²) in [7, 11) is 0. The van der Waals surface area contributed by atoms with Gasteiger partial charge < -0.3 is 10.1 Å². The van der Waals surface area contributed by atoms with E-state index in [1.807, 2.05) is 0 Å². The number of benzene rings is 1. The van der Waals surface area contributed by atoms with Crippen LogP contribution in [-0.2, 0) is 0 Å². The second-order valence-corrected chi connectivity index (χ2v) is 6.21. The summed E-state index contributed by atoms with van der Waals surface area (Å²) in [5.41, 5.74) is 2.57. The van der Waals surface area contributed by atoms with Gasteiger partial charge in [-0.15, -0.1) is 0 Å². The van der Waals surface area contributed by atoms with Crippen molar-refractivity contribution < 1.29 is 4.74 Å². The zero-order valence-corrected chi connectivity index (χ0v) is 14.7. The van der Waals surface area contributed by atoms with E-state index in [2.05, 4.69) is 65.1 Å². The van der Waals surface area contributed by atoms with Crippen molar-refractivity contribution in [2.45, 2.75) is 78.9 Å². The SMILES string of the molecule is CCCC(NCC)C(CC)Oc1cc(C)ccc1C(C)C. The van der Waals surface area contributed by atoms with Crippen molar-refractivity contribution in [3.63, 3.8) is 0 Å². The van der Waals surface area contributed by atoms with Crippen LogP contribution in [0.5, 0.6) is 5.75 Å². The molecular weight excluding hydrogens is 258 g/mol. The fourth-order valence-electron chi connectivity index (χ4n) is 2.83. The molecule has 1 rings (SSSR count). The summed E-state index contributed by atoms with van der Waals surface area (Å²) in [6.45, 7) is 14.2. The van der Waals surface area contributed by atoms with Crippen LogP contribution in [0.15, 0.2) is 18.2 Å². The van der Waals surface area contributed by atoms with Gasteiger partial charge in [0.2, 0.25) is 0 Å². The van der Waals surface area contributed by atoms with E-state index in [9.17, 15) is 0 Å². The molecule has 1 aromatic rings. The highest BCUT2D eigenvalue weighted by molar-refractivity contribution is 5.39. The third-order valence-electron chi connectivity index (χ3n) is 3.99. The Morgan fingerprint density at radius 3 is 2.38 bits per heavy atom. The van der Waals surface area contributed by atoms with E-state index < -0.39 is 0 Å². The quantitative estimate of drug-likeness (QED) is 0.687. The molecule has 2 atom stereocenters. The second-order valence-electron chi connectivity index (χ2n) is 6.21. The van der Waals surface area contributed by atoms with E-state index in [0.717, 1.165) is 25.1 Å². The number of aryl methyl sites for hydroxylation is 1. The fourth-order valence-corrected chi connectivity index (χ4v) is 2.83. The summed E-state index contributed by atoms with van der Waals surface area (Å²) < 4.78 is 6.44. The van der Waals surface area contributed by atoms with Crippen molar-refractivity contribution in [3.05, 3.63) is 29.3 Å². The standard InChI is InChI=1S/C19H33NO/c1-7-10-17(20-9-3)18(8-2)21-19-13-15(6)11-12-16(19)14(4)5/h11-14,17-18,20H,7-10H2,1-6H3. The normalized spacial score (nSPS) is 14.2. The average Bonchev–Trinajstić information content (AvgIpc) is 2.44. The molecule has 0 fully saturated rings. The smallest absolute Gasteiger partial charge is 0.123 e. The largest absolute Gasteiger partial charge is 0.489 e. The first-order chi connectivity index (χ1) is 10.0.